The van der Waals surface area contributed by atoms with Crippen LogP contribution in [0.2, 0.25) is 0 Å². The van der Waals surface area contributed by atoms with Crippen LogP contribution < -0.4 is 0 Å². The summed E-state index contributed by atoms with van der Waals surface area (Å²) in [5.74, 6) is 0.0479. The maximum absolute atomic E-state index is 14.2. The van der Waals surface area contributed by atoms with E-state index in [1.165, 1.54) is 7.11 Å². The van der Waals surface area contributed by atoms with Gasteiger partial charge in [-0.2, -0.15) is 0 Å². The van der Waals surface area contributed by atoms with E-state index in [1.807, 2.05) is 0 Å². The second kappa shape index (κ2) is 5.67. The molecule has 7 unspecified atom stereocenters. The van der Waals surface area contributed by atoms with Crippen LogP contribution in [0.4, 0.5) is 0 Å². The van der Waals surface area contributed by atoms with E-state index in [4.69, 9.17) is 14.2 Å². The van der Waals surface area contributed by atoms with Gasteiger partial charge in [-0.15, -0.1) is 0 Å². The van der Waals surface area contributed by atoms with Gasteiger partial charge < -0.3 is 14.2 Å². The first kappa shape index (κ1) is 16.5. The summed E-state index contributed by atoms with van der Waals surface area (Å²) in [7, 11) is 1.38. The summed E-state index contributed by atoms with van der Waals surface area (Å²) in [6.45, 7) is 0. The van der Waals surface area contributed by atoms with Crippen molar-refractivity contribution in [1.82, 2.24) is 0 Å². The van der Waals surface area contributed by atoms with Crippen LogP contribution in [-0.4, -0.2) is 43.1 Å². The predicted octanol–water partition coefficient (Wildman–Crippen LogP) is 3.02. The summed E-state index contributed by atoms with van der Waals surface area (Å²) in [6.07, 6.45) is 10.7. The van der Waals surface area contributed by atoms with Gasteiger partial charge in [-0.25, -0.2) is 9.90 Å². The van der Waals surface area contributed by atoms with E-state index >= 15 is 0 Å². The molecule has 139 valence electrons. The molecule has 0 N–H and O–H groups in total. The Morgan fingerprint density at radius 2 is 1.44 bits per heavy atom. The lowest BCUT2D eigenvalue weighted by molar-refractivity contribution is -0.231. The maximum Gasteiger partial charge on any atom is 0.342 e. The van der Waals surface area contributed by atoms with Crippen molar-refractivity contribution in [3.63, 3.8) is 0 Å². The Bertz CT molecular complexity index is 534. The van der Waals surface area contributed by atoms with Crippen molar-refractivity contribution in [2.75, 3.05) is 7.11 Å². The largest absolute Gasteiger partial charge is 0.467 e. The second-order valence-corrected chi connectivity index (χ2v) is 9.01. The molecule has 3 aliphatic carbocycles. The van der Waals surface area contributed by atoms with Gasteiger partial charge in [-0.05, 0) is 69.6 Å². The molecule has 0 bridgehead atoms. The molecule has 0 amide bonds. The highest BCUT2D eigenvalue weighted by Crippen LogP contribution is 2.63. The van der Waals surface area contributed by atoms with E-state index in [1.54, 1.807) is 0 Å². The molecule has 1 radical (unpaired) electrons. The van der Waals surface area contributed by atoms with Gasteiger partial charge in [0.25, 0.3) is 0 Å². The van der Waals surface area contributed by atoms with Crippen molar-refractivity contribution in [2.24, 2.45) is 17.3 Å². The quantitative estimate of drug-likeness (QED) is 0.580. The molecule has 25 heavy (non-hydrogen) atoms. The molecule has 0 aromatic heterocycles. The third-order valence-electron chi connectivity index (χ3n) is 8.10. The van der Waals surface area contributed by atoms with E-state index in [9.17, 15) is 9.90 Å². The molecule has 2 saturated heterocycles. The molecule has 5 fully saturated rings. The topological polar surface area (TPSA) is 71.3 Å². The highest BCUT2D eigenvalue weighted by molar-refractivity contribution is 5.80. The minimum atomic E-state index is -1.60. The molecule has 2 aliphatic heterocycles. The lowest BCUT2D eigenvalue weighted by atomic mass is 9.47. The van der Waals surface area contributed by atoms with Crippen LogP contribution in [0.5, 0.6) is 0 Å². The van der Waals surface area contributed by atoms with Crippen LogP contribution in [-0.2, 0) is 24.1 Å². The average molecular weight is 349 g/mol. The van der Waals surface area contributed by atoms with Gasteiger partial charge in [0.1, 0.15) is 0 Å². The fourth-order valence-electron chi connectivity index (χ4n) is 6.83. The fraction of sp³-hybridized carbons (Fsp3) is 0.950. The third-order valence-corrected chi connectivity index (χ3v) is 8.10. The Labute approximate surface area is 149 Å². The number of ether oxygens (including phenoxy) is 3. The Hall–Kier alpha value is -0.650. The number of hydrogen-bond donors (Lipinski definition) is 0. The zero-order valence-electron chi connectivity index (χ0n) is 15.1. The zero-order chi connectivity index (χ0) is 17.2. The highest BCUT2D eigenvalue weighted by Gasteiger charge is 2.68. The van der Waals surface area contributed by atoms with Crippen molar-refractivity contribution in [3.05, 3.63) is 0 Å². The van der Waals surface area contributed by atoms with Gasteiger partial charge in [-0.1, -0.05) is 6.42 Å². The van der Waals surface area contributed by atoms with Crippen LogP contribution >= 0.6 is 0 Å². The number of carbonyl (C=O) groups is 1. The number of methoxy groups -OCH3 is 1. The fourth-order valence-corrected chi connectivity index (χ4v) is 6.83. The summed E-state index contributed by atoms with van der Waals surface area (Å²) >= 11 is 0. The van der Waals surface area contributed by atoms with Crippen molar-refractivity contribution < 1.29 is 24.1 Å². The first-order valence-corrected chi connectivity index (χ1v) is 10.2. The van der Waals surface area contributed by atoms with Gasteiger partial charge in [0, 0.05) is 5.41 Å². The number of carbonyl (C=O) groups excluding carboxylic acids is 1. The number of epoxide rings is 2. The molecule has 5 nitrogen and oxygen atoms in total. The molecule has 2 heterocycles. The molecular formula is C20H29O5. The Morgan fingerprint density at radius 3 is 1.96 bits per heavy atom. The monoisotopic (exact) mass is 349 g/mol. The van der Waals surface area contributed by atoms with Gasteiger partial charge in [0.15, 0.2) is 0 Å². The summed E-state index contributed by atoms with van der Waals surface area (Å²) in [6, 6.07) is 0. The van der Waals surface area contributed by atoms with Gasteiger partial charge >= 0.3 is 5.97 Å². The maximum atomic E-state index is 14.2. The minimum Gasteiger partial charge on any atom is -0.467 e. The lowest BCUT2D eigenvalue weighted by Crippen LogP contribution is -2.63. The zero-order valence-corrected chi connectivity index (χ0v) is 15.1. The number of esters is 1. The van der Waals surface area contributed by atoms with Crippen molar-refractivity contribution >= 4 is 5.97 Å². The van der Waals surface area contributed by atoms with Crippen LogP contribution in [0.25, 0.3) is 0 Å². The summed E-state index contributed by atoms with van der Waals surface area (Å²) < 4.78 is 16.6. The van der Waals surface area contributed by atoms with Crippen LogP contribution in [0.15, 0.2) is 0 Å². The molecular weight excluding hydrogens is 320 g/mol. The van der Waals surface area contributed by atoms with E-state index in [-0.39, 0.29) is 11.8 Å². The number of rotatable bonds is 3. The highest BCUT2D eigenvalue weighted by atomic mass is 16.6. The smallest absolute Gasteiger partial charge is 0.342 e. The van der Waals surface area contributed by atoms with E-state index in [0.717, 1.165) is 57.8 Å². The molecule has 0 aromatic rings. The molecule has 0 spiro atoms. The molecule has 5 heteroatoms. The van der Waals surface area contributed by atoms with Gasteiger partial charge in [-0.3, -0.25) is 0 Å². The predicted molar refractivity (Wildman–Crippen MR) is 88.3 cm³/mol. The SMILES string of the molecule is COC(=O)C1([O])CCCCC1(C1CCC2OC2C1)C1CCC2OC2C1. The summed E-state index contributed by atoms with van der Waals surface area (Å²) in [5.41, 5.74) is -2.08. The van der Waals surface area contributed by atoms with Crippen molar-refractivity contribution in [3.8, 4) is 0 Å². The van der Waals surface area contributed by atoms with Crippen LogP contribution in [0.3, 0.4) is 0 Å². The normalized spacial score (nSPS) is 54.2. The van der Waals surface area contributed by atoms with Gasteiger partial charge in [0.05, 0.1) is 31.5 Å². The van der Waals surface area contributed by atoms with Crippen LogP contribution in [0, 0.1) is 17.3 Å². The Balaban J connectivity index is 1.54. The average Bonchev–Trinajstić information content (AvgIpc) is 3.53. The third kappa shape index (κ3) is 2.35. The van der Waals surface area contributed by atoms with Crippen molar-refractivity contribution in [2.45, 2.75) is 94.2 Å². The standard InChI is InChI=1S/C20H29O5/c1-23-18(21)20(22)9-3-2-8-19(20,12-4-6-14-16(10-12)24-14)13-5-7-15-17(11-13)25-15/h12-17H,2-11H2,1H3. The Morgan fingerprint density at radius 1 is 0.880 bits per heavy atom. The lowest BCUT2D eigenvalue weighted by Gasteiger charge is -2.56. The Kier molecular flexibility index (Phi) is 3.75. The van der Waals surface area contributed by atoms with Crippen molar-refractivity contribution in [1.29, 1.82) is 0 Å². The van der Waals surface area contributed by atoms with E-state index in [2.05, 4.69) is 0 Å². The van der Waals surface area contributed by atoms with E-state index in [0.29, 0.717) is 30.8 Å². The van der Waals surface area contributed by atoms with Gasteiger partial charge in [0.2, 0.25) is 5.60 Å². The summed E-state index contributed by atoms with van der Waals surface area (Å²) in [5, 5.41) is 14.2. The molecule has 5 rings (SSSR count). The first-order chi connectivity index (χ1) is 12.1. The molecule has 5 aliphatic rings. The number of hydrogen-bond acceptors (Lipinski definition) is 4. The first-order valence-electron chi connectivity index (χ1n) is 10.2. The van der Waals surface area contributed by atoms with E-state index < -0.39 is 17.0 Å². The summed E-state index contributed by atoms with van der Waals surface area (Å²) in [4.78, 5) is 12.8. The molecule has 0 aromatic carbocycles. The minimum absolute atomic E-state index is 0.286. The number of fused-ring (bicyclic) bond motifs is 2. The molecule has 7 atom stereocenters. The molecule has 3 saturated carbocycles. The second-order valence-electron chi connectivity index (χ2n) is 9.01. The van der Waals surface area contributed by atoms with Crippen LogP contribution in [0.1, 0.15) is 64.2 Å².